The second-order valence-electron chi connectivity index (χ2n) is 5.85. The van der Waals surface area contributed by atoms with Gasteiger partial charge in [-0.15, -0.1) is 5.10 Å². The maximum atomic E-state index is 12.4. The highest BCUT2D eigenvalue weighted by Gasteiger charge is 2.14. The quantitative estimate of drug-likeness (QED) is 0.612. The third-order valence-electron chi connectivity index (χ3n) is 4.08. The molecule has 0 unspecified atom stereocenters. The Balaban J connectivity index is 1.90. The smallest absolute Gasteiger partial charge is 0.281 e. The first-order chi connectivity index (χ1) is 12.1. The molecule has 0 saturated heterocycles. The van der Waals surface area contributed by atoms with Crippen molar-refractivity contribution in [1.82, 2.24) is 19.8 Å². The van der Waals surface area contributed by atoms with Gasteiger partial charge in [-0.3, -0.25) is 4.79 Å². The van der Waals surface area contributed by atoms with E-state index in [1.165, 1.54) is 17.3 Å². The van der Waals surface area contributed by atoms with Crippen LogP contribution in [0.3, 0.4) is 0 Å². The zero-order chi connectivity index (χ0) is 17.6. The van der Waals surface area contributed by atoms with Crippen LogP contribution >= 0.6 is 11.8 Å². The molecular weight excluding hydrogens is 336 g/mol. The number of hydrogen-bond acceptors (Lipinski definition) is 5. The normalized spacial score (nSPS) is 11.3. The first-order valence-corrected chi connectivity index (χ1v) is 8.58. The fourth-order valence-corrected chi connectivity index (χ4v) is 3.68. The standard InChI is InChI=1S/C18H16N4O2S/c1-10-4-7-15(11(2)8-10)25-18-16-19-17(23)13-6-5-12(24-3)9-14(13)22(16)21-20-18/h4-9,21H,1-3H3. The number of H-pyrrole nitrogens is 1. The fraction of sp³-hybridized carbons (Fsp3) is 0.167. The molecule has 0 amide bonds. The van der Waals surface area contributed by atoms with Crippen LogP contribution < -0.4 is 10.3 Å². The van der Waals surface area contributed by atoms with Crippen molar-refractivity contribution >= 4 is 28.3 Å². The zero-order valence-corrected chi connectivity index (χ0v) is 14.8. The number of nitrogens with one attached hydrogen (secondary N) is 1. The lowest BCUT2D eigenvalue weighted by Crippen LogP contribution is -2.10. The van der Waals surface area contributed by atoms with Crippen molar-refractivity contribution in [1.29, 1.82) is 0 Å². The molecule has 0 spiro atoms. The van der Waals surface area contributed by atoms with E-state index < -0.39 is 0 Å². The van der Waals surface area contributed by atoms with E-state index in [4.69, 9.17) is 4.74 Å². The molecule has 6 nitrogen and oxygen atoms in total. The van der Waals surface area contributed by atoms with Crippen molar-refractivity contribution < 1.29 is 4.74 Å². The highest BCUT2D eigenvalue weighted by Crippen LogP contribution is 2.32. The van der Waals surface area contributed by atoms with E-state index in [9.17, 15) is 4.79 Å². The van der Waals surface area contributed by atoms with Crippen molar-refractivity contribution in [3.8, 4) is 5.75 Å². The summed E-state index contributed by atoms with van der Waals surface area (Å²) in [5.74, 6) is 0.671. The maximum absolute atomic E-state index is 12.4. The molecule has 7 heteroatoms. The molecule has 0 atom stereocenters. The van der Waals surface area contributed by atoms with Crippen LogP contribution in [0.2, 0.25) is 0 Å². The summed E-state index contributed by atoms with van der Waals surface area (Å²) in [5, 5.41) is 8.49. The molecule has 0 fully saturated rings. The molecule has 2 heterocycles. The van der Waals surface area contributed by atoms with Gasteiger partial charge in [0, 0.05) is 11.0 Å². The number of hydrogen-bond donors (Lipinski definition) is 1. The predicted octanol–water partition coefficient (Wildman–Crippen LogP) is 3.35. The van der Waals surface area contributed by atoms with Crippen molar-refractivity contribution in [2.75, 3.05) is 7.11 Å². The Morgan fingerprint density at radius 1 is 1.16 bits per heavy atom. The molecule has 0 aliphatic heterocycles. The largest absolute Gasteiger partial charge is 0.497 e. The van der Waals surface area contributed by atoms with E-state index in [1.807, 2.05) is 0 Å². The van der Waals surface area contributed by atoms with Gasteiger partial charge in [0.25, 0.3) is 5.56 Å². The Bertz CT molecular complexity index is 1160. The Morgan fingerprint density at radius 3 is 2.76 bits per heavy atom. The molecule has 4 aromatic rings. The van der Waals surface area contributed by atoms with E-state index in [0.29, 0.717) is 27.3 Å². The maximum Gasteiger partial charge on any atom is 0.281 e. The predicted molar refractivity (Wildman–Crippen MR) is 97.7 cm³/mol. The van der Waals surface area contributed by atoms with Crippen LogP contribution in [0.1, 0.15) is 11.1 Å². The minimum absolute atomic E-state index is 0.276. The van der Waals surface area contributed by atoms with Crippen molar-refractivity contribution in [2.45, 2.75) is 23.8 Å². The van der Waals surface area contributed by atoms with Gasteiger partial charge in [-0.25, -0.2) is 9.73 Å². The minimum Gasteiger partial charge on any atom is -0.497 e. The van der Waals surface area contributed by atoms with Gasteiger partial charge in [-0.1, -0.05) is 29.5 Å². The van der Waals surface area contributed by atoms with E-state index in [-0.39, 0.29) is 5.56 Å². The third-order valence-corrected chi connectivity index (χ3v) is 5.22. The van der Waals surface area contributed by atoms with Crippen LogP contribution in [0.15, 0.2) is 51.1 Å². The Morgan fingerprint density at radius 2 is 2.00 bits per heavy atom. The van der Waals surface area contributed by atoms with Gasteiger partial charge in [0.1, 0.15) is 5.75 Å². The molecule has 0 saturated carbocycles. The molecule has 0 radical (unpaired) electrons. The number of aromatic nitrogens is 4. The average Bonchev–Trinajstić information content (AvgIpc) is 3.00. The summed E-state index contributed by atoms with van der Waals surface area (Å²) in [6.07, 6.45) is 0. The summed E-state index contributed by atoms with van der Waals surface area (Å²) >= 11 is 1.49. The van der Waals surface area contributed by atoms with Crippen molar-refractivity contribution in [3.63, 3.8) is 0 Å². The molecule has 2 aromatic carbocycles. The summed E-state index contributed by atoms with van der Waals surface area (Å²) in [7, 11) is 1.59. The van der Waals surface area contributed by atoms with Crippen LogP contribution in [0, 0.1) is 13.8 Å². The summed E-state index contributed by atoms with van der Waals surface area (Å²) in [4.78, 5) is 17.7. The van der Waals surface area contributed by atoms with Gasteiger partial charge >= 0.3 is 0 Å². The third kappa shape index (κ3) is 2.66. The van der Waals surface area contributed by atoms with E-state index >= 15 is 0 Å². The fourth-order valence-electron chi connectivity index (χ4n) is 2.80. The van der Waals surface area contributed by atoms with E-state index in [0.717, 1.165) is 10.5 Å². The van der Waals surface area contributed by atoms with Gasteiger partial charge in [0.15, 0.2) is 10.7 Å². The van der Waals surface area contributed by atoms with Crippen LogP contribution in [-0.4, -0.2) is 26.9 Å². The number of aromatic amines is 1. The van der Waals surface area contributed by atoms with Gasteiger partial charge in [0.2, 0.25) is 0 Å². The molecule has 4 rings (SSSR count). The minimum atomic E-state index is -0.276. The molecular formula is C18H16N4O2S. The Kier molecular flexibility index (Phi) is 3.73. The van der Waals surface area contributed by atoms with Crippen LogP contribution in [0.25, 0.3) is 16.6 Å². The highest BCUT2D eigenvalue weighted by molar-refractivity contribution is 7.99. The number of ether oxygens (including phenoxy) is 1. The van der Waals surface area contributed by atoms with E-state index in [1.54, 1.807) is 29.8 Å². The lowest BCUT2D eigenvalue weighted by atomic mass is 10.2. The lowest BCUT2D eigenvalue weighted by Gasteiger charge is -2.05. The molecule has 1 N–H and O–H groups in total. The molecule has 0 bridgehead atoms. The number of rotatable bonds is 3. The van der Waals surface area contributed by atoms with Crippen LogP contribution in [-0.2, 0) is 0 Å². The second-order valence-corrected chi connectivity index (χ2v) is 6.88. The Labute approximate surface area is 147 Å². The topological polar surface area (TPSA) is 72.3 Å². The monoisotopic (exact) mass is 352 g/mol. The number of fused-ring (bicyclic) bond motifs is 3. The average molecular weight is 352 g/mol. The van der Waals surface area contributed by atoms with Crippen molar-refractivity contribution in [2.24, 2.45) is 0 Å². The van der Waals surface area contributed by atoms with Gasteiger partial charge in [-0.2, -0.15) is 4.98 Å². The van der Waals surface area contributed by atoms with Crippen LogP contribution in [0.5, 0.6) is 5.75 Å². The SMILES string of the molecule is COc1ccc2c(=O)nc3c(Sc4ccc(C)cc4C)n[nH]n3c2c1. The summed E-state index contributed by atoms with van der Waals surface area (Å²) in [6.45, 7) is 4.12. The lowest BCUT2D eigenvalue weighted by molar-refractivity contribution is 0.415. The first-order valence-electron chi connectivity index (χ1n) is 7.77. The number of aryl methyl sites for hydroxylation is 2. The summed E-state index contributed by atoms with van der Waals surface area (Å²) in [5.41, 5.74) is 3.30. The van der Waals surface area contributed by atoms with Gasteiger partial charge in [0.05, 0.1) is 18.0 Å². The number of benzene rings is 2. The van der Waals surface area contributed by atoms with Crippen LogP contribution in [0.4, 0.5) is 0 Å². The second kappa shape index (κ2) is 5.93. The van der Waals surface area contributed by atoms with Gasteiger partial charge in [-0.05, 0) is 37.6 Å². The molecule has 2 aromatic heterocycles. The van der Waals surface area contributed by atoms with E-state index in [2.05, 4.69) is 47.3 Å². The molecule has 126 valence electrons. The van der Waals surface area contributed by atoms with Gasteiger partial charge < -0.3 is 4.74 Å². The number of nitrogens with zero attached hydrogens (tertiary/aromatic N) is 3. The van der Waals surface area contributed by atoms with Crippen molar-refractivity contribution in [3.05, 3.63) is 57.9 Å². The Hall–Kier alpha value is -2.80. The summed E-state index contributed by atoms with van der Waals surface area (Å²) in [6, 6.07) is 11.5. The molecule has 0 aliphatic carbocycles. The number of methoxy groups -OCH3 is 1. The molecule has 0 aliphatic rings. The molecule has 25 heavy (non-hydrogen) atoms. The zero-order valence-electron chi connectivity index (χ0n) is 14.0. The highest BCUT2D eigenvalue weighted by atomic mass is 32.2. The summed E-state index contributed by atoms with van der Waals surface area (Å²) < 4.78 is 6.98. The first kappa shape index (κ1) is 15.7.